The van der Waals surface area contributed by atoms with Crippen molar-refractivity contribution in [3.8, 4) is 0 Å². The summed E-state index contributed by atoms with van der Waals surface area (Å²) in [5, 5.41) is 12.9. The number of benzene rings is 1. The number of nitrogens with one attached hydrogen (secondary N) is 1. The molecule has 0 aliphatic carbocycles. The van der Waals surface area contributed by atoms with Gasteiger partial charge >= 0.3 is 0 Å². The van der Waals surface area contributed by atoms with E-state index in [4.69, 9.17) is 11.6 Å². The topological polar surface area (TPSA) is 32.3 Å². The Balaban J connectivity index is 2.20. The van der Waals surface area contributed by atoms with Gasteiger partial charge in [-0.1, -0.05) is 23.7 Å². The van der Waals surface area contributed by atoms with Crippen LogP contribution in [0.2, 0.25) is 5.02 Å². The van der Waals surface area contributed by atoms with E-state index in [1.165, 1.54) is 6.07 Å². The van der Waals surface area contributed by atoms with Crippen LogP contribution in [0.3, 0.4) is 0 Å². The fourth-order valence-corrected chi connectivity index (χ4v) is 1.77. The van der Waals surface area contributed by atoms with Gasteiger partial charge in [-0.2, -0.15) is 0 Å². The summed E-state index contributed by atoms with van der Waals surface area (Å²) in [6.45, 7) is 1.03. The lowest BCUT2D eigenvalue weighted by Gasteiger charge is -2.37. The fraction of sp³-hybridized carbons (Fsp3) is 0.400. The second-order valence-electron chi connectivity index (χ2n) is 3.72. The van der Waals surface area contributed by atoms with Crippen molar-refractivity contribution < 1.29 is 9.50 Å². The van der Waals surface area contributed by atoms with E-state index >= 15 is 0 Å². The minimum atomic E-state index is -0.800. The van der Waals surface area contributed by atoms with Gasteiger partial charge in [0.25, 0.3) is 0 Å². The van der Waals surface area contributed by atoms with E-state index in [1.807, 2.05) is 0 Å². The first kappa shape index (κ1) is 9.90. The maximum Gasteiger partial charge on any atom is 0.145 e. The van der Waals surface area contributed by atoms with Crippen molar-refractivity contribution >= 4 is 11.6 Å². The van der Waals surface area contributed by atoms with Crippen LogP contribution in [0, 0.1) is 5.82 Å². The highest BCUT2D eigenvalue weighted by molar-refractivity contribution is 6.30. The molecule has 1 aliphatic rings. The molecule has 1 saturated heterocycles. The van der Waals surface area contributed by atoms with Crippen molar-refractivity contribution in [2.24, 2.45) is 0 Å². The summed E-state index contributed by atoms with van der Waals surface area (Å²) in [6.07, 6.45) is 0.312. The van der Waals surface area contributed by atoms with Gasteiger partial charge in [-0.15, -0.1) is 0 Å². The second-order valence-corrected chi connectivity index (χ2v) is 4.12. The smallest absolute Gasteiger partial charge is 0.145 e. The Bertz CT molecular complexity index is 352. The first-order chi connectivity index (χ1) is 6.61. The third-order valence-electron chi connectivity index (χ3n) is 2.46. The van der Waals surface area contributed by atoms with Gasteiger partial charge in [0, 0.05) is 19.5 Å². The van der Waals surface area contributed by atoms with Gasteiger partial charge in [0.15, 0.2) is 0 Å². The van der Waals surface area contributed by atoms with E-state index in [-0.39, 0.29) is 5.02 Å². The summed E-state index contributed by atoms with van der Waals surface area (Å²) < 4.78 is 13.4. The predicted octanol–water partition coefficient (Wildman–Crippen LogP) is 1.36. The number of rotatable bonds is 2. The Morgan fingerprint density at radius 3 is 2.79 bits per heavy atom. The number of halogens is 2. The van der Waals surface area contributed by atoms with E-state index in [9.17, 15) is 9.50 Å². The Morgan fingerprint density at radius 2 is 2.21 bits per heavy atom. The summed E-state index contributed by atoms with van der Waals surface area (Å²) >= 11 is 5.63. The van der Waals surface area contributed by atoms with Crippen LogP contribution in [-0.2, 0) is 6.42 Å². The quantitative estimate of drug-likeness (QED) is 0.781. The van der Waals surface area contributed by atoms with E-state index < -0.39 is 11.4 Å². The van der Waals surface area contributed by atoms with E-state index in [1.54, 1.807) is 12.1 Å². The molecule has 0 unspecified atom stereocenters. The van der Waals surface area contributed by atoms with Gasteiger partial charge in [-0.3, -0.25) is 0 Å². The monoisotopic (exact) mass is 215 g/mol. The summed E-state index contributed by atoms with van der Waals surface area (Å²) in [4.78, 5) is 0. The highest BCUT2D eigenvalue weighted by Gasteiger charge is 2.35. The number of aliphatic hydroxyl groups is 1. The Kier molecular flexibility index (Phi) is 2.47. The van der Waals surface area contributed by atoms with Crippen molar-refractivity contribution in [3.05, 3.63) is 34.6 Å². The molecule has 0 amide bonds. The lowest BCUT2D eigenvalue weighted by atomic mass is 9.89. The molecule has 0 bridgehead atoms. The molecule has 1 aliphatic heterocycles. The van der Waals surface area contributed by atoms with Crippen molar-refractivity contribution in [3.63, 3.8) is 0 Å². The molecular weight excluding hydrogens is 205 g/mol. The number of hydrogen-bond acceptors (Lipinski definition) is 2. The summed E-state index contributed by atoms with van der Waals surface area (Å²) in [5.74, 6) is -0.422. The van der Waals surface area contributed by atoms with Crippen LogP contribution in [0.25, 0.3) is 0 Å². The van der Waals surface area contributed by atoms with Crippen LogP contribution >= 0.6 is 11.6 Å². The largest absolute Gasteiger partial charge is 0.387 e. The molecule has 14 heavy (non-hydrogen) atoms. The van der Waals surface area contributed by atoms with Crippen LogP contribution < -0.4 is 5.32 Å². The molecule has 1 aromatic carbocycles. The molecule has 0 radical (unpaired) electrons. The van der Waals surface area contributed by atoms with Crippen molar-refractivity contribution in [1.29, 1.82) is 0 Å². The number of hydrogen-bond donors (Lipinski definition) is 2. The zero-order valence-electron chi connectivity index (χ0n) is 7.56. The summed E-state index contributed by atoms with van der Waals surface area (Å²) in [6, 6.07) is 4.84. The third kappa shape index (κ3) is 1.75. The summed E-state index contributed by atoms with van der Waals surface area (Å²) in [7, 11) is 0. The molecule has 1 aromatic rings. The first-order valence-electron chi connectivity index (χ1n) is 4.47. The average Bonchev–Trinajstić information content (AvgIpc) is 2.10. The highest BCUT2D eigenvalue weighted by atomic mass is 35.5. The normalized spacial score (nSPS) is 19.1. The van der Waals surface area contributed by atoms with Crippen LogP contribution in [0.5, 0.6) is 0 Å². The standard InChI is InChI=1S/C10H11ClFNO/c11-8-3-1-2-7(9(8)12)4-10(14)5-13-6-10/h1-3,13-14H,4-6H2. The highest BCUT2D eigenvalue weighted by Crippen LogP contribution is 2.23. The molecule has 2 N–H and O–H groups in total. The van der Waals surface area contributed by atoms with E-state index in [2.05, 4.69) is 5.32 Å². The Hall–Kier alpha value is -0.640. The van der Waals surface area contributed by atoms with Gasteiger partial charge in [0.05, 0.1) is 10.6 Å². The van der Waals surface area contributed by atoms with Crippen LogP contribution in [0.4, 0.5) is 4.39 Å². The van der Waals surface area contributed by atoms with Crippen molar-refractivity contribution in [2.45, 2.75) is 12.0 Å². The second kappa shape index (κ2) is 3.50. The van der Waals surface area contributed by atoms with Crippen LogP contribution in [0.15, 0.2) is 18.2 Å². The lowest BCUT2D eigenvalue weighted by molar-refractivity contribution is -0.00967. The molecule has 0 saturated carbocycles. The van der Waals surface area contributed by atoms with Gasteiger partial charge in [0.2, 0.25) is 0 Å². The predicted molar refractivity (Wildman–Crippen MR) is 52.9 cm³/mol. The Morgan fingerprint density at radius 1 is 1.50 bits per heavy atom. The van der Waals surface area contributed by atoms with Gasteiger partial charge in [-0.25, -0.2) is 4.39 Å². The molecular formula is C10H11ClFNO. The number of β-amino-alcohol motifs (C(OH)–C–C–N with tert-alkyl or cyclic N) is 1. The van der Waals surface area contributed by atoms with Crippen molar-refractivity contribution in [1.82, 2.24) is 5.32 Å². The van der Waals surface area contributed by atoms with Crippen LogP contribution in [-0.4, -0.2) is 23.8 Å². The molecule has 1 heterocycles. The van der Waals surface area contributed by atoms with Gasteiger partial charge in [0.1, 0.15) is 5.82 Å². The lowest BCUT2D eigenvalue weighted by Crippen LogP contribution is -2.60. The van der Waals surface area contributed by atoms with Gasteiger partial charge in [-0.05, 0) is 11.6 Å². The Labute approximate surface area is 86.7 Å². The van der Waals surface area contributed by atoms with E-state index in [0.717, 1.165) is 0 Å². The summed E-state index contributed by atoms with van der Waals surface area (Å²) in [5.41, 5.74) is -0.326. The zero-order valence-corrected chi connectivity index (χ0v) is 8.31. The first-order valence-corrected chi connectivity index (χ1v) is 4.84. The van der Waals surface area contributed by atoms with Gasteiger partial charge < -0.3 is 10.4 Å². The minimum Gasteiger partial charge on any atom is -0.387 e. The maximum atomic E-state index is 13.4. The molecule has 0 aromatic heterocycles. The molecule has 4 heteroatoms. The van der Waals surface area contributed by atoms with Crippen molar-refractivity contribution in [2.75, 3.05) is 13.1 Å². The molecule has 76 valence electrons. The third-order valence-corrected chi connectivity index (χ3v) is 2.75. The SMILES string of the molecule is OC1(Cc2cccc(Cl)c2F)CNC1. The average molecular weight is 216 g/mol. The molecule has 0 spiro atoms. The van der Waals surface area contributed by atoms with E-state index in [0.29, 0.717) is 25.1 Å². The molecule has 1 fully saturated rings. The molecule has 2 rings (SSSR count). The van der Waals surface area contributed by atoms with Crippen LogP contribution in [0.1, 0.15) is 5.56 Å². The zero-order chi connectivity index (χ0) is 10.2. The fourth-order valence-electron chi connectivity index (χ4n) is 1.58. The maximum absolute atomic E-state index is 13.4. The minimum absolute atomic E-state index is 0.110. The molecule has 0 atom stereocenters. The molecule has 2 nitrogen and oxygen atoms in total.